The van der Waals surface area contributed by atoms with E-state index in [-0.39, 0.29) is 5.41 Å². The number of aromatic amines is 1. The van der Waals surface area contributed by atoms with Gasteiger partial charge in [-0.2, -0.15) is 5.10 Å². The van der Waals surface area contributed by atoms with Crippen molar-refractivity contribution in [3.8, 4) is 0 Å². The lowest BCUT2D eigenvalue weighted by atomic mass is 9.44. The average molecular weight is 329 g/mol. The van der Waals surface area contributed by atoms with Gasteiger partial charge in [0.05, 0.1) is 11.8 Å². The van der Waals surface area contributed by atoms with E-state index >= 15 is 0 Å². The summed E-state index contributed by atoms with van der Waals surface area (Å²) in [6, 6.07) is 0. The maximum absolute atomic E-state index is 11.0. The second-order valence-electron chi connectivity index (χ2n) is 10.2. The van der Waals surface area contributed by atoms with Crippen molar-refractivity contribution in [2.45, 2.75) is 77.7 Å². The van der Waals surface area contributed by atoms with Crippen molar-refractivity contribution in [2.75, 3.05) is 0 Å². The third kappa shape index (κ3) is 1.75. The Morgan fingerprint density at radius 2 is 1.88 bits per heavy atom. The summed E-state index contributed by atoms with van der Waals surface area (Å²) < 4.78 is 0. The minimum atomic E-state index is -0.454. The van der Waals surface area contributed by atoms with Crippen LogP contribution in [0, 0.1) is 34.5 Å². The number of nitrogens with zero attached hydrogens (tertiary/aromatic N) is 1. The van der Waals surface area contributed by atoms with Gasteiger partial charge in [0.15, 0.2) is 0 Å². The summed E-state index contributed by atoms with van der Waals surface area (Å²) in [7, 11) is 0. The lowest BCUT2D eigenvalue weighted by Gasteiger charge is -2.60. The number of aromatic nitrogens is 2. The average Bonchev–Trinajstić information content (AvgIpc) is 3.06. The first-order valence-electron chi connectivity index (χ1n) is 10.1. The first-order chi connectivity index (χ1) is 11.4. The van der Waals surface area contributed by atoms with Gasteiger partial charge in [-0.05, 0) is 98.4 Å². The predicted molar refractivity (Wildman–Crippen MR) is 94.5 cm³/mol. The molecule has 0 unspecified atom stereocenters. The molecule has 2 N–H and O–H groups in total. The van der Waals surface area contributed by atoms with Gasteiger partial charge in [0.2, 0.25) is 0 Å². The molecular formula is C21H32N2O. The van der Waals surface area contributed by atoms with E-state index in [2.05, 4.69) is 37.2 Å². The van der Waals surface area contributed by atoms with Gasteiger partial charge < -0.3 is 5.11 Å². The van der Waals surface area contributed by atoms with E-state index in [0.29, 0.717) is 5.41 Å². The van der Waals surface area contributed by atoms with Crippen molar-refractivity contribution in [1.29, 1.82) is 0 Å². The molecule has 3 fully saturated rings. The van der Waals surface area contributed by atoms with Gasteiger partial charge in [-0.15, -0.1) is 0 Å². The highest BCUT2D eigenvalue weighted by Crippen LogP contribution is 2.67. The molecule has 1 heterocycles. The number of hydrogen-bond acceptors (Lipinski definition) is 2. The van der Waals surface area contributed by atoms with Crippen LogP contribution in [-0.2, 0) is 12.8 Å². The van der Waals surface area contributed by atoms with Gasteiger partial charge >= 0.3 is 0 Å². The minimum Gasteiger partial charge on any atom is -0.390 e. The number of aliphatic hydroxyl groups is 1. The first-order valence-corrected chi connectivity index (χ1v) is 10.1. The van der Waals surface area contributed by atoms with E-state index in [9.17, 15) is 5.11 Å². The SMILES string of the molecule is C[C@]12Cc3cn[nH]c3C[C@@H]1CC[C@H]1[C@@H]2CC[C@]2(C)[C@H]1CC[C@@]2(C)O. The molecule has 3 nitrogen and oxygen atoms in total. The van der Waals surface area contributed by atoms with Crippen molar-refractivity contribution < 1.29 is 5.11 Å². The summed E-state index contributed by atoms with van der Waals surface area (Å²) in [5, 5.41) is 18.6. The van der Waals surface area contributed by atoms with Crippen LogP contribution in [0.3, 0.4) is 0 Å². The molecule has 1 aromatic heterocycles. The molecule has 0 saturated heterocycles. The number of rotatable bonds is 0. The number of fused-ring (bicyclic) bond motifs is 6. The summed E-state index contributed by atoms with van der Waals surface area (Å²) >= 11 is 0. The van der Waals surface area contributed by atoms with Crippen molar-refractivity contribution in [3.05, 3.63) is 17.5 Å². The van der Waals surface area contributed by atoms with Gasteiger partial charge in [0.25, 0.3) is 0 Å². The molecule has 0 bridgehead atoms. The van der Waals surface area contributed by atoms with Crippen LogP contribution in [0.4, 0.5) is 0 Å². The summed E-state index contributed by atoms with van der Waals surface area (Å²) in [6.07, 6.45) is 12.0. The highest BCUT2D eigenvalue weighted by atomic mass is 16.3. The third-order valence-corrected chi connectivity index (χ3v) is 9.46. The van der Waals surface area contributed by atoms with E-state index in [1.165, 1.54) is 56.2 Å². The van der Waals surface area contributed by atoms with Gasteiger partial charge in [-0.1, -0.05) is 13.8 Å². The van der Waals surface area contributed by atoms with Crippen LogP contribution in [0.5, 0.6) is 0 Å². The fourth-order valence-corrected chi connectivity index (χ4v) is 7.71. The molecule has 3 saturated carbocycles. The molecule has 24 heavy (non-hydrogen) atoms. The predicted octanol–water partition coefficient (Wildman–Crippen LogP) is 4.12. The quantitative estimate of drug-likeness (QED) is 0.752. The monoisotopic (exact) mass is 328 g/mol. The zero-order valence-electron chi connectivity index (χ0n) is 15.4. The topological polar surface area (TPSA) is 48.9 Å². The van der Waals surface area contributed by atoms with Crippen LogP contribution in [0.25, 0.3) is 0 Å². The summed E-state index contributed by atoms with van der Waals surface area (Å²) in [6.45, 7) is 7.09. The Morgan fingerprint density at radius 1 is 1.08 bits per heavy atom. The second-order valence-corrected chi connectivity index (χ2v) is 10.2. The largest absolute Gasteiger partial charge is 0.390 e. The molecule has 0 spiro atoms. The molecule has 7 atom stereocenters. The van der Waals surface area contributed by atoms with Crippen molar-refractivity contribution in [3.63, 3.8) is 0 Å². The Labute approximate surface area is 145 Å². The molecule has 132 valence electrons. The van der Waals surface area contributed by atoms with Crippen molar-refractivity contribution >= 4 is 0 Å². The molecule has 0 amide bonds. The van der Waals surface area contributed by atoms with Gasteiger partial charge in [0.1, 0.15) is 0 Å². The zero-order valence-corrected chi connectivity index (χ0v) is 15.4. The van der Waals surface area contributed by atoms with Crippen LogP contribution in [0.2, 0.25) is 0 Å². The maximum atomic E-state index is 11.0. The van der Waals surface area contributed by atoms with E-state index in [0.717, 1.165) is 30.1 Å². The fourth-order valence-electron chi connectivity index (χ4n) is 7.71. The van der Waals surface area contributed by atoms with E-state index in [1.807, 2.05) is 0 Å². The number of nitrogens with one attached hydrogen (secondary N) is 1. The standard InChI is InChI=1S/C21H32N2O/c1-19-11-13-12-22-23-18(13)10-14(19)4-5-15-16(19)6-8-20(2)17(15)7-9-21(20,3)24/h12,14-17,24H,4-11H2,1-3H3,(H,22,23)/t14-,15-,16-,17-,19-,20+,21+/m0/s1. The van der Waals surface area contributed by atoms with E-state index in [1.54, 1.807) is 0 Å². The molecule has 0 radical (unpaired) electrons. The normalized spacial score (nSPS) is 53.0. The Morgan fingerprint density at radius 3 is 2.71 bits per heavy atom. The van der Waals surface area contributed by atoms with E-state index in [4.69, 9.17) is 0 Å². The summed E-state index contributed by atoms with van der Waals surface area (Å²) in [5.74, 6) is 3.21. The number of H-pyrrole nitrogens is 1. The summed E-state index contributed by atoms with van der Waals surface area (Å²) in [4.78, 5) is 0. The first kappa shape index (κ1) is 15.4. The Kier molecular flexibility index (Phi) is 3.00. The highest BCUT2D eigenvalue weighted by molar-refractivity contribution is 5.26. The lowest BCUT2D eigenvalue weighted by Crippen LogP contribution is -2.56. The number of hydrogen-bond donors (Lipinski definition) is 2. The molecule has 5 rings (SSSR count). The second kappa shape index (κ2) is 4.66. The molecule has 3 heteroatoms. The Balaban J connectivity index is 1.50. The van der Waals surface area contributed by atoms with Gasteiger partial charge in [-0.25, -0.2) is 0 Å². The minimum absolute atomic E-state index is 0.146. The van der Waals surface area contributed by atoms with Crippen LogP contribution in [0.1, 0.15) is 70.6 Å². The van der Waals surface area contributed by atoms with Crippen molar-refractivity contribution in [1.82, 2.24) is 10.2 Å². The van der Waals surface area contributed by atoms with Crippen molar-refractivity contribution in [2.24, 2.45) is 34.5 Å². The Hall–Kier alpha value is -0.830. The third-order valence-electron chi connectivity index (χ3n) is 9.46. The van der Waals surface area contributed by atoms with E-state index < -0.39 is 5.60 Å². The van der Waals surface area contributed by atoms with Crippen LogP contribution < -0.4 is 0 Å². The molecule has 4 aliphatic carbocycles. The Bertz CT molecular complexity index is 665. The molecule has 0 aliphatic heterocycles. The van der Waals surface area contributed by atoms with Crippen LogP contribution in [0.15, 0.2) is 6.20 Å². The summed E-state index contributed by atoms with van der Waals surface area (Å²) in [5.41, 5.74) is 3.01. The van der Waals surface area contributed by atoms with Crippen LogP contribution >= 0.6 is 0 Å². The highest BCUT2D eigenvalue weighted by Gasteiger charge is 2.63. The molecular weight excluding hydrogens is 296 g/mol. The maximum Gasteiger partial charge on any atom is 0.0675 e. The zero-order chi connectivity index (χ0) is 16.7. The van der Waals surface area contributed by atoms with Crippen LogP contribution in [-0.4, -0.2) is 20.9 Å². The fraction of sp³-hybridized carbons (Fsp3) is 0.857. The molecule has 4 aliphatic rings. The van der Waals surface area contributed by atoms with Gasteiger partial charge in [0, 0.05) is 5.69 Å². The van der Waals surface area contributed by atoms with Gasteiger partial charge in [-0.3, -0.25) is 5.10 Å². The molecule has 0 aromatic carbocycles. The smallest absolute Gasteiger partial charge is 0.0675 e. The lowest BCUT2D eigenvalue weighted by molar-refractivity contribution is -0.139. The molecule has 1 aromatic rings.